The minimum atomic E-state index is -0.970. The lowest BCUT2D eigenvalue weighted by Gasteiger charge is -2.06. The number of anilines is 1. The molecule has 0 bridgehead atoms. The number of nitrogens with one attached hydrogen (secondary N) is 2. The van der Waals surface area contributed by atoms with E-state index in [9.17, 15) is 14.0 Å². The molecular formula is C18H14FN3O3. The van der Waals surface area contributed by atoms with Gasteiger partial charge in [0.15, 0.2) is 0 Å². The van der Waals surface area contributed by atoms with E-state index >= 15 is 0 Å². The van der Waals surface area contributed by atoms with Gasteiger partial charge in [-0.2, -0.15) is 5.10 Å². The van der Waals surface area contributed by atoms with E-state index in [4.69, 9.17) is 11.2 Å². The van der Waals surface area contributed by atoms with Gasteiger partial charge in [-0.05, 0) is 36.4 Å². The third kappa shape index (κ3) is 5.48. The lowest BCUT2D eigenvalue weighted by atomic mass is 10.2. The van der Waals surface area contributed by atoms with E-state index in [1.807, 2.05) is 0 Å². The summed E-state index contributed by atoms with van der Waals surface area (Å²) in [6.07, 6.45) is 6.47. The van der Waals surface area contributed by atoms with Crippen LogP contribution in [0.4, 0.5) is 10.1 Å². The van der Waals surface area contributed by atoms with E-state index in [1.165, 1.54) is 30.5 Å². The Morgan fingerprint density at radius 1 is 1.16 bits per heavy atom. The average Bonchev–Trinajstić information content (AvgIpc) is 2.62. The van der Waals surface area contributed by atoms with Crippen LogP contribution < -0.4 is 15.5 Å². The normalized spacial score (nSPS) is 10.1. The van der Waals surface area contributed by atoms with Crippen molar-refractivity contribution < 1.29 is 18.7 Å². The highest BCUT2D eigenvalue weighted by atomic mass is 19.1. The Balaban J connectivity index is 1.93. The van der Waals surface area contributed by atoms with Gasteiger partial charge in [-0.15, -0.1) is 6.42 Å². The molecule has 6 nitrogen and oxygen atoms in total. The lowest BCUT2D eigenvalue weighted by Crippen LogP contribution is -2.32. The number of hydrogen-bond acceptors (Lipinski definition) is 4. The van der Waals surface area contributed by atoms with Crippen LogP contribution in [0.3, 0.4) is 0 Å². The van der Waals surface area contributed by atoms with Crippen molar-refractivity contribution in [3.63, 3.8) is 0 Å². The standard InChI is InChI=1S/C18H14FN3O3/c1-2-11-25-16-6-4-3-5-13(16)12-20-22-18(24)17(23)21-15-9-7-14(19)8-10-15/h1,3-10,12H,11H2,(H,21,23)(H,22,24)/b20-12-. The zero-order valence-electron chi connectivity index (χ0n) is 13.0. The molecule has 0 aliphatic heterocycles. The molecule has 0 unspecified atom stereocenters. The van der Waals surface area contributed by atoms with Gasteiger partial charge in [-0.3, -0.25) is 9.59 Å². The number of benzene rings is 2. The van der Waals surface area contributed by atoms with Crippen molar-refractivity contribution in [2.45, 2.75) is 0 Å². The molecule has 0 aromatic heterocycles. The van der Waals surface area contributed by atoms with Crippen LogP contribution in [-0.2, 0) is 9.59 Å². The maximum Gasteiger partial charge on any atom is 0.329 e. The maximum absolute atomic E-state index is 12.8. The number of nitrogens with zero attached hydrogens (tertiary/aromatic N) is 1. The molecular weight excluding hydrogens is 325 g/mol. The van der Waals surface area contributed by atoms with Crippen LogP contribution in [0.15, 0.2) is 53.6 Å². The van der Waals surface area contributed by atoms with Gasteiger partial charge in [0.25, 0.3) is 0 Å². The maximum atomic E-state index is 12.8. The molecule has 7 heteroatoms. The fraction of sp³-hybridized carbons (Fsp3) is 0.0556. The van der Waals surface area contributed by atoms with Crippen LogP contribution in [0.25, 0.3) is 0 Å². The van der Waals surface area contributed by atoms with Crippen LogP contribution in [0.2, 0.25) is 0 Å². The van der Waals surface area contributed by atoms with Crippen molar-refractivity contribution in [3.05, 3.63) is 59.9 Å². The van der Waals surface area contributed by atoms with Crippen LogP contribution in [0, 0.1) is 18.2 Å². The van der Waals surface area contributed by atoms with E-state index in [1.54, 1.807) is 24.3 Å². The highest BCUT2D eigenvalue weighted by molar-refractivity contribution is 6.39. The zero-order chi connectivity index (χ0) is 18.1. The molecule has 0 aliphatic rings. The van der Waals surface area contributed by atoms with E-state index in [0.29, 0.717) is 17.0 Å². The number of amides is 2. The lowest BCUT2D eigenvalue weighted by molar-refractivity contribution is -0.136. The van der Waals surface area contributed by atoms with Crippen LogP contribution in [0.1, 0.15) is 5.56 Å². The second-order valence-electron chi connectivity index (χ2n) is 4.69. The molecule has 2 amide bonds. The van der Waals surface area contributed by atoms with Crippen molar-refractivity contribution in [3.8, 4) is 18.1 Å². The van der Waals surface area contributed by atoms with E-state index in [-0.39, 0.29) is 6.61 Å². The molecule has 2 rings (SSSR count). The number of halogens is 1. The molecule has 0 saturated heterocycles. The van der Waals surface area contributed by atoms with Crippen LogP contribution in [-0.4, -0.2) is 24.6 Å². The molecule has 0 atom stereocenters. The Kier molecular flexibility index (Phi) is 6.25. The Labute approximate surface area is 143 Å². The summed E-state index contributed by atoms with van der Waals surface area (Å²) >= 11 is 0. The molecule has 0 radical (unpaired) electrons. The fourth-order valence-electron chi connectivity index (χ4n) is 1.77. The molecule has 0 heterocycles. The zero-order valence-corrected chi connectivity index (χ0v) is 13.0. The highest BCUT2D eigenvalue weighted by Crippen LogP contribution is 2.15. The first-order valence-electron chi connectivity index (χ1n) is 7.15. The van der Waals surface area contributed by atoms with E-state index < -0.39 is 17.6 Å². The monoisotopic (exact) mass is 339 g/mol. The van der Waals surface area contributed by atoms with E-state index in [2.05, 4.69) is 21.8 Å². The number of para-hydroxylation sites is 1. The molecule has 2 aromatic carbocycles. The van der Waals surface area contributed by atoms with Gasteiger partial charge in [-0.1, -0.05) is 18.1 Å². The van der Waals surface area contributed by atoms with Gasteiger partial charge in [-0.25, -0.2) is 9.82 Å². The molecule has 0 saturated carbocycles. The summed E-state index contributed by atoms with van der Waals surface area (Å²) in [6.45, 7) is 0.0945. The summed E-state index contributed by atoms with van der Waals surface area (Å²) in [7, 11) is 0. The van der Waals surface area contributed by atoms with Gasteiger partial charge in [0.05, 0.1) is 6.21 Å². The van der Waals surface area contributed by atoms with Gasteiger partial charge < -0.3 is 10.1 Å². The van der Waals surface area contributed by atoms with Gasteiger partial charge in [0.1, 0.15) is 18.2 Å². The Morgan fingerprint density at radius 3 is 2.60 bits per heavy atom. The molecule has 25 heavy (non-hydrogen) atoms. The minimum absolute atomic E-state index is 0.0945. The summed E-state index contributed by atoms with van der Waals surface area (Å²) in [5.74, 6) is 0.495. The fourth-order valence-corrected chi connectivity index (χ4v) is 1.77. The number of carbonyl (C=O) groups excluding carboxylic acids is 2. The topological polar surface area (TPSA) is 79.8 Å². The molecule has 0 spiro atoms. The molecule has 2 N–H and O–H groups in total. The van der Waals surface area contributed by atoms with Crippen LogP contribution in [0.5, 0.6) is 5.75 Å². The predicted molar refractivity (Wildman–Crippen MR) is 91.5 cm³/mol. The molecule has 2 aromatic rings. The number of rotatable bonds is 5. The van der Waals surface area contributed by atoms with Gasteiger partial charge >= 0.3 is 11.8 Å². The Bertz CT molecular complexity index is 826. The predicted octanol–water partition coefficient (Wildman–Crippen LogP) is 1.93. The largest absolute Gasteiger partial charge is 0.480 e. The molecule has 0 fully saturated rings. The van der Waals surface area contributed by atoms with Gasteiger partial charge in [0.2, 0.25) is 0 Å². The number of carbonyl (C=O) groups is 2. The number of terminal acetylenes is 1. The molecule has 0 aliphatic carbocycles. The average molecular weight is 339 g/mol. The third-order valence-electron chi connectivity index (χ3n) is 2.91. The summed E-state index contributed by atoms with van der Waals surface area (Å²) in [6, 6.07) is 11.9. The van der Waals surface area contributed by atoms with Crippen molar-refractivity contribution in [1.82, 2.24) is 5.43 Å². The number of hydrazone groups is 1. The van der Waals surface area contributed by atoms with E-state index in [0.717, 1.165) is 0 Å². The van der Waals surface area contributed by atoms with Crippen molar-refractivity contribution >= 4 is 23.7 Å². The SMILES string of the molecule is C#CCOc1ccccc1/C=N\NC(=O)C(=O)Nc1ccc(F)cc1. The summed E-state index contributed by atoms with van der Waals surface area (Å²) in [5.41, 5.74) is 2.97. The van der Waals surface area contributed by atoms with Crippen molar-refractivity contribution in [1.29, 1.82) is 0 Å². The minimum Gasteiger partial charge on any atom is -0.480 e. The number of hydrogen-bond donors (Lipinski definition) is 2. The van der Waals surface area contributed by atoms with Gasteiger partial charge in [0, 0.05) is 11.3 Å². The first-order chi connectivity index (χ1) is 12.1. The first kappa shape index (κ1) is 17.7. The highest BCUT2D eigenvalue weighted by Gasteiger charge is 2.12. The Morgan fingerprint density at radius 2 is 1.88 bits per heavy atom. The van der Waals surface area contributed by atoms with Crippen molar-refractivity contribution in [2.24, 2.45) is 5.10 Å². The summed E-state index contributed by atoms with van der Waals surface area (Å²) < 4.78 is 18.1. The molecule has 126 valence electrons. The first-order valence-corrected chi connectivity index (χ1v) is 7.15. The quantitative estimate of drug-likeness (QED) is 0.378. The third-order valence-corrected chi connectivity index (χ3v) is 2.91. The number of ether oxygens (including phenoxy) is 1. The Hall–Kier alpha value is -3.66. The second-order valence-corrected chi connectivity index (χ2v) is 4.69. The summed E-state index contributed by atoms with van der Waals surface area (Å²) in [4.78, 5) is 23.4. The van der Waals surface area contributed by atoms with Crippen LogP contribution >= 0.6 is 0 Å². The summed E-state index contributed by atoms with van der Waals surface area (Å²) in [5, 5.41) is 6.03. The van der Waals surface area contributed by atoms with Crippen molar-refractivity contribution in [2.75, 3.05) is 11.9 Å². The second kappa shape index (κ2) is 8.84. The smallest absolute Gasteiger partial charge is 0.329 e.